The number of fused-ring (bicyclic) bond motifs is 1. The van der Waals surface area contributed by atoms with Crippen LogP contribution in [0.3, 0.4) is 0 Å². The van der Waals surface area contributed by atoms with Crippen LogP contribution in [0.4, 0.5) is 5.82 Å². The molecule has 0 atom stereocenters. The number of ketones is 1. The highest BCUT2D eigenvalue weighted by Gasteiger charge is 2.21. The fourth-order valence-electron chi connectivity index (χ4n) is 2.86. The molecule has 1 aliphatic rings. The van der Waals surface area contributed by atoms with Gasteiger partial charge in [0.15, 0.2) is 5.78 Å². The van der Waals surface area contributed by atoms with Crippen LogP contribution in [0.5, 0.6) is 0 Å². The van der Waals surface area contributed by atoms with E-state index in [9.17, 15) is 4.79 Å². The van der Waals surface area contributed by atoms with Gasteiger partial charge in [-0.3, -0.25) is 4.79 Å². The first-order valence-electron chi connectivity index (χ1n) is 7.53. The molecule has 0 radical (unpaired) electrons. The summed E-state index contributed by atoms with van der Waals surface area (Å²) in [6.07, 6.45) is 3.99. The molecular formula is C16H19ClN4O. The van der Waals surface area contributed by atoms with E-state index in [1.165, 1.54) is 6.92 Å². The Bertz CT molecular complexity index is 711. The molecule has 0 aliphatic heterocycles. The maximum atomic E-state index is 11.9. The van der Waals surface area contributed by atoms with Gasteiger partial charge in [0.25, 0.3) is 0 Å². The Morgan fingerprint density at radius 3 is 2.64 bits per heavy atom. The zero-order valence-corrected chi connectivity index (χ0v) is 13.2. The first-order valence-corrected chi connectivity index (χ1v) is 7.91. The van der Waals surface area contributed by atoms with E-state index in [1.54, 1.807) is 12.1 Å². The van der Waals surface area contributed by atoms with Gasteiger partial charge in [-0.25, -0.2) is 9.97 Å². The second-order valence-corrected chi connectivity index (χ2v) is 6.26. The summed E-state index contributed by atoms with van der Waals surface area (Å²) in [6.45, 7) is 1.54. The smallest absolute Gasteiger partial charge is 0.163 e. The summed E-state index contributed by atoms with van der Waals surface area (Å²) < 4.78 is 0. The largest absolute Gasteiger partial charge is 0.367 e. The predicted octanol–water partition coefficient (Wildman–Crippen LogP) is 3.17. The fraction of sp³-hybridized carbons (Fsp3) is 0.438. The van der Waals surface area contributed by atoms with Gasteiger partial charge in [0, 0.05) is 12.1 Å². The molecule has 2 aromatic rings. The van der Waals surface area contributed by atoms with Gasteiger partial charge in [-0.2, -0.15) is 0 Å². The topological polar surface area (TPSA) is 80.9 Å². The van der Waals surface area contributed by atoms with E-state index in [0.29, 0.717) is 34.1 Å². The molecule has 1 aliphatic carbocycles. The van der Waals surface area contributed by atoms with Gasteiger partial charge in [-0.1, -0.05) is 11.6 Å². The number of pyridine rings is 2. The van der Waals surface area contributed by atoms with Crippen molar-refractivity contribution in [3.63, 3.8) is 0 Å². The summed E-state index contributed by atoms with van der Waals surface area (Å²) in [5.74, 6) is 0.593. The standard InChI is InChI=1S/C16H19ClN4O/c1-9(22)12-8-14-13(6-7-15(17)20-14)21-16(12)19-11-4-2-10(18)3-5-11/h6-8,10-11H,2-5,18H2,1H3,(H,19,21). The van der Waals surface area contributed by atoms with Crippen LogP contribution in [-0.2, 0) is 0 Å². The summed E-state index contributed by atoms with van der Waals surface area (Å²) in [4.78, 5) is 20.7. The molecule has 3 rings (SSSR count). The van der Waals surface area contributed by atoms with Crippen molar-refractivity contribution in [3.8, 4) is 0 Å². The van der Waals surface area contributed by atoms with Crippen molar-refractivity contribution in [2.75, 3.05) is 5.32 Å². The number of aromatic nitrogens is 2. The van der Waals surface area contributed by atoms with Gasteiger partial charge >= 0.3 is 0 Å². The van der Waals surface area contributed by atoms with E-state index < -0.39 is 0 Å². The van der Waals surface area contributed by atoms with E-state index in [0.717, 1.165) is 31.2 Å². The minimum absolute atomic E-state index is 0.0359. The fourth-order valence-corrected chi connectivity index (χ4v) is 3.02. The van der Waals surface area contributed by atoms with Gasteiger partial charge in [0.05, 0.1) is 16.6 Å². The summed E-state index contributed by atoms with van der Waals surface area (Å²) in [7, 11) is 0. The Hall–Kier alpha value is -1.72. The molecule has 3 N–H and O–H groups in total. The highest BCUT2D eigenvalue weighted by Crippen LogP contribution is 2.25. The van der Waals surface area contributed by atoms with Crippen LogP contribution in [0, 0.1) is 0 Å². The van der Waals surface area contributed by atoms with Crippen LogP contribution in [0.15, 0.2) is 18.2 Å². The summed E-state index contributed by atoms with van der Waals surface area (Å²) in [5.41, 5.74) is 7.85. The molecule has 2 aromatic heterocycles. The summed E-state index contributed by atoms with van der Waals surface area (Å²) in [6, 6.07) is 5.88. The van der Waals surface area contributed by atoms with Crippen molar-refractivity contribution in [2.24, 2.45) is 5.73 Å². The predicted molar refractivity (Wildman–Crippen MR) is 88.4 cm³/mol. The Morgan fingerprint density at radius 2 is 1.95 bits per heavy atom. The van der Waals surface area contributed by atoms with Crippen LogP contribution >= 0.6 is 11.6 Å². The number of carbonyl (C=O) groups is 1. The monoisotopic (exact) mass is 318 g/mol. The highest BCUT2D eigenvalue weighted by molar-refractivity contribution is 6.29. The van der Waals surface area contributed by atoms with Crippen molar-refractivity contribution >= 4 is 34.2 Å². The second kappa shape index (κ2) is 6.18. The third kappa shape index (κ3) is 3.20. The number of halogens is 1. The molecule has 22 heavy (non-hydrogen) atoms. The molecule has 1 saturated carbocycles. The van der Waals surface area contributed by atoms with Crippen molar-refractivity contribution in [1.82, 2.24) is 9.97 Å². The first-order chi connectivity index (χ1) is 10.5. The number of rotatable bonds is 3. The summed E-state index contributed by atoms with van der Waals surface area (Å²) >= 11 is 5.91. The molecule has 0 saturated heterocycles. The SMILES string of the molecule is CC(=O)c1cc2nc(Cl)ccc2nc1NC1CCC(N)CC1. The average molecular weight is 319 g/mol. The van der Waals surface area contributed by atoms with Crippen molar-refractivity contribution < 1.29 is 4.79 Å². The van der Waals surface area contributed by atoms with E-state index in [1.807, 2.05) is 6.07 Å². The molecule has 1 fully saturated rings. The lowest BCUT2D eigenvalue weighted by atomic mass is 9.91. The maximum Gasteiger partial charge on any atom is 0.163 e. The van der Waals surface area contributed by atoms with E-state index in [2.05, 4.69) is 15.3 Å². The van der Waals surface area contributed by atoms with Gasteiger partial charge in [0.2, 0.25) is 0 Å². The molecule has 6 heteroatoms. The minimum Gasteiger partial charge on any atom is -0.367 e. The number of nitrogens with one attached hydrogen (secondary N) is 1. The third-order valence-electron chi connectivity index (χ3n) is 4.13. The van der Waals surface area contributed by atoms with Crippen molar-refractivity contribution in [1.29, 1.82) is 0 Å². The van der Waals surface area contributed by atoms with Crippen LogP contribution < -0.4 is 11.1 Å². The van der Waals surface area contributed by atoms with E-state index in [-0.39, 0.29) is 5.78 Å². The number of hydrogen-bond donors (Lipinski definition) is 2. The van der Waals surface area contributed by atoms with Gasteiger partial charge in [-0.05, 0) is 50.8 Å². The number of nitrogens with zero attached hydrogens (tertiary/aromatic N) is 2. The lowest BCUT2D eigenvalue weighted by Crippen LogP contribution is -2.33. The van der Waals surface area contributed by atoms with Crippen LogP contribution in [0.1, 0.15) is 43.0 Å². The molecule has 2 heterocycles. The zero-order valence-electron chi connectivity index (χ0n) is 12.5. The van der Waals surface area contributed by atoms with Gasteiger partial charge in [-0.15, -0.1) is 0 Å². The van der Waals surface area contributed by atoms with Gasteiger partial charge < -0.3 is 11.1 Å². The molecule has 116 valence electrons. The van der Waals surface area contributed by atoms with Crippen LogP contribution in [0.2, 0.25) is 5.15 Å². The van der Waals surface area contributed by atoms with Crippen LogP contribution in [0.25, 0.3) is 11.0 Å². The number of nitrogens with two attached hydrogens (primary N) is 1. The second-order valence-electron chi connectivity index (χ2n) is 5.87. The molecule has 0 spiro atoms. The number of Topliss-reactive ketones (excluding diaryl/α,β-unsaturated/α-hetero) is 1. The molecule has 5 nitrogen and oxygen atoms in total. The summed E-state index contributed by atoms with van der Waals surface area (Å²) in [5, 5.41) is 3.80. The lowest BCUT2D eigenvalue weighted by Gasteiger charge is -2.27. The Balaban J connectivity index is 1.94. The van der Waals surface area contributed by atoms with E-state index in [4.69, 9.17) is 17.3 Å². The lowest BCUT2D eigenvalue weighted by molar-refractivity contribution is 0.101. The van der Waals surface area contributed by atoms with Gasteiger partial charge in [0.1, 0.15) is 11.0 Å². The maximum absolute atomic E-state index is 11.9. The van der Waals surface area contributed by atoms with E-state index >= 15 is 0 Å². The Kier molecular flexibility index (Phi) is 4.27. The third-order valence-corrected chi connectivity index (χ3v) is 4.34. The number of carbonyl (C=O) groups excluding carboxylic acids is 1. The first kappa shape index (κ1) is 15.2. The Labute approximate surface area is 134 Å². The normalized spacial score (nSPS) is 21.8. The highest BCUT2D eigenvalue weighted by atomic mass is 35.5. The zero-order chi connectivity index (χ0) is 15.7. The minimum atomic E-state index is -0.0359. The number of anilines is 1. The number of hydrogen-bond acceptors (Lipinski definition) is 5. The molecule has 0 amide bonds. The molecular weight excluding hydrogens is 300 g/mol. The molecule has 0 bridgehead atoms. The van der Waals surface area contributed by atoms with Crippen molar-refractivity contribution in [2.45, 2.75) is 44.7 Å². The quantitative estimate of drug-likeness (QED) is 0.671. The van der Waals surface area contributed by atoms with Crippen LogP contribution in [-0.4, -0.2) is 27.8 Å². The molecule has 0 aromatic carbocycles. The molecule has 0 unspecified atom stereocenters. The average Bonchev–Trinajstić information content (AvgIpc) is 2.49. The van der Waals surface area contributed by atoms with Crippen molar-refractivity contribution in [3.05, 3.63) is 28.9 Å². The Morgan fingerprint density at radius 1 is 1.23 bits per heavy atom.